The Labute approximate surface area is 111 Å². The van der Waals surface area contributed by atoms with Gasteiger partial charge in [0, 0.05) is 12.3 Å². The van der Waals surface area contributed by atoms with Crippen LogP contribution in [0.15, 0.2) is 12.7 Å². The Bertz CT molecular complexity index is 357. The molecule has 100 valence electrons. The van der Waals surface area contributed by atoms with E-state index in [-0.39, 0.29) is 17.8 Å². The molecule has 2 N–H and O–H groups in total. The topological polar surface area (TPSA) is 69.6 Å². The van der Waals surface area contributed by atoms with Gasteiger partial charge in [0.1, 0.15) is 6.04 Å². The molecular formula is C12H18N2O3S. The maximum atomic E-state index is 12.1. The van der Waals surface area contributed by atoms with Crippen LogP contribution in [-0.2, 0) is 9.59 Å². The van der Waals surface area contributed by atoms with E-state index >= 15 is 0 Å². The number of aliphatic carboxylic acids is 1. The van der Waals surface area contributed by atoms with Crippen LogP contribution >= 0.6 is 11.8 Å². The van der Waals surface area contributed by atoms with Gasteiger partial charge in [0.15, 0.2) is 0 Å². The van der Waals surface area contributed by atoms with Gasteiger partial charge in [-0.05, 0) is 18.8 Å². The molecule has 18 heavy (non-hydrogen) atoms. The van der Waals surface area contributed by atoms with Crippen LogP contribution in [-0.4, -0.2) is 52.1 Å². The zero-order chi connectivity index (χ0) is 13.1. The van der Waals surface area contributed by atoms with Crippen molar-refractivity contribution in [3.8, 4) is 0 Å². The molecule has 0 bridgehead atoms. The quantitative estimate of drug-likeness (QED) is 0.544. The maximum absolute atomic E-state index is 12.1. The van der Waals surface area contributed by atoms with Gasteiger partial charge in [-0.2, -0.15) is 0 Å². The molecule has 2 fully saturated rings. The lowest BCUT2D eigenvalue weighted by Gasteiger charge is -2.27. The van der Waals surface area contributed by atoms with E-state index in [9.17, 15) is 14.7 Å². The van der Waals surface area contributed by atoms with Gasteiger partial charge in [-0.15, -0.1) is 18.3 Å². The Balaban J connectivity index is 2.00. The second-order valence-electron chi connectivity index (χ2n) is 4.64. The van der Waals surface area contributed by atoms with E-state index < -0.39 is 12.0 Å². The number of nitrogens with zero attached hydrogens (tertiary/aromatic N) is 1. The number of hydrogen-bond acceptors (Lipinski definition) is 4. The average molecular weight is 270 g/mol. The van der Waals surface area contributed by atoms with Gasteiger partial charge in [-0.25, -0.2) is 4.79 Å². The highest BCUT2D eigenvalue weighted by Gasteiger charge is 2.47. The summed E-state index contributed by atoms with van der Waals surface area (Å²) in [6.07, 6.45) is 3.89. The van der Waals surface area contributed by atoms with Crippen molar-refractivity contribution >= 4 is 23.6 Å². The monoisotopic (exact) mass is 270 g/mol. The SMILES string of the molecule is C=CCNCC(=O)N1C(C(=O)O)CSC1C1CC1. The fourth-order valence-electron chi connectivity index (χ4n) is 2.15. The molecule has 2 atom stereocenters. The van der Waals surface area contributed by atoms with Gasteiger partial charge in [0.05, 0.1) is 11.9 Å². The second kappa shape index (κ2) is 5.75. The van der Waals surface area contributed by atoms with E-state index in [1.807, 2.05) is 0 Å². The standard InChI is InChI=1S/C12H18N2O3S/c1-2-5-13-6-10(15)14-9(12(16)17)7-18-11(14)8-3-4-8/h2,8-9,11,13H,1,3-7H2,(H,16,17). The molecule has 0 aromatic heterocycles. The van der Waals surface area contributed by atoms with Crippen molar-refractivity contribution in [1.82, 2.24) is 10.2 Å². The predicted octanol–water partition coefficient (Wildman–Crippen LogP) is 0.527. The molecule has 1 saturated carbocycles. The minimum atomic E-state index is -0.900. The van der Waals surface area contributed by atoms with E-state index in [1.165, 1.54) is 0 Å². The Morgan fingerprint density at radius 3 is 2.78 bits per heavy atom. The van der Waals surface area contributed by atoms with Crippen LogP contribution in [0.25, 0.3) is 0 Å². The van der Waals surface area contributed by atoms with Crippen molar-refractivity contribution in [2.75, 3.05) is 18.8 Å². The summed E-state index contributed by atoms with van der Waals surface area (Å²) in [5.74, 6) is -0.0273. The van der Waals surface area contributed by atoms with E-state index in [0.717, 1.165) is 12.8 Å². The summed E-state index contributed by atoms with van der Waals surface area (Å²) in [5, 5.41) is 12.2. The van der Waals surface area contributed by atoms with Gasteiger partial charge in [-0.3, -0.25) is 4.79 Å². The molecule has 1 aliphatic carbocycles. The molecular weight excluding hydrogens is 252 g/mol. The lowest BCUT2D eigenvalue weighted by molar-refractivity contribution is -0.148. The number of nitrogens with one attached hydrogen (secondary N) is 1. The number of carboxylic acids is 1. The molecule has 2 unspecified atom stereocenters. The summed E-state index contributed by atoms with van der Waals surface area (Å²) in [5.41, 5.74) is 0. The molecule has 1 heterocycles. The van der Waals surface area contributed by atoms with Gasteiger partial charge in [0.2, 0.25) is 5.91 Å². The van der Waals surface area contributed by atoms with E-state index in [4.69, 9.17) is 0 Å². The van der Waals surface area contributed by atoms with Crippen molar-refractivity contribution in [2.24, 2.45) is 5.92 Å². The summed E-state index contributed by atoms with van der Waals surface area (Å²) >= 11 is 1.60. The van der Waals surface area contributed by atoms with Gasteiger partial charge in [0.25, 0.3) is 0 Å². The fraction of sp³-hybridized carbons (Fsp3) is 0.667. The summed E-state index contributed by atoms with van der Waals surface area (Å²) in [7, 11) is 0. The Morgan fingerprint density at radius 2 is 2.22 bits per heavy atom. The molecule has 1 aliphatic heterocycles. The van der Waals surface area contributed by atoms with Gasteiger partial charge >= 0.3 is 5.97 Å². The number of thioether (sulfide) groups is 1. The number of carbonyl (C=O) groups excluding carboxylic acids is 1. The predicted molar refractivity (Wildman–Crippen MR) is 70.3 cm³/mol. The number of hydrogen-bond donors (Lipinski definition) is 2. The summed E-state index contributed by atoms with van der Waals surface area (Å²) in [6, 6.07) is -0.668. The highest BCUT2D eigenvalue weighted by Crippen LogP contribution is 2.45. The van der Waals surface area contributed by atoms with Crippen molar-refractivity contribution in [2.45, 2.75) is 24.3 Å². The van der Waals surface area contributed by atoms with Crippen LogP contribution in [0.5, 0.6) is 0 Å². The Hall–Kier alpha value is -1.01. The zero-order valence-corrected chi connectivity index (χ0v) is 11.0. The normalized spacial score (nSPS) is 27.2. The third-order valence-corrected chi connectivity index (χ3v) is 4.66. The molecule has 1 amide bonds. The molecule has 2 rings (SSSR count). The highest BCUT2D eigenvalue weighted by molar-refractivity contribution is 8.00. The van der Waals surface area contributed by atoms with Crippen LogP contribution in [0.2, 0.25) is 0 Å². The minimum Gasteiger partial charge on any atom is -0.480 e. The van der Waals surface area contributed by atoms with Crippen LogP contribution in [0.3, 0.4) is 0 Å². The number of carboxylic acid groups (broad SMARTS) is 1. The molecule has 0 spiro atoms. The number of rotatable bonds is 6. The molecule has 6 heteroatoms. The van der Waals surface area contributed by atoms with Crippen LogP contribution in [0, 0.1) is 5.92 Å². The fourth-order valence-corrected chi connectivity index (χ4v) is 3.80. The first-order valence-electron chi connectivity index (χ1n) is 6.12. The third-order valence-electron chi connectivity index (χ3n) is 3.20. The molecule has 0 aromatic rings. The first kappa shape index (κ1) is 13.4. The molecule has 5 nitrogen and oxygen atoms in total. The molecule has 1 saturated heterocycles. The second-order valence-corrected chi connectivity index (χ2v) is 5.79. The lowest BCUT2D eigenvalue weighted by atomic mass is 10.2. The first-order valence-corrected chi connectivity index (χ1v) is 7.17. The first-order chi connectivity index (χ1) is 8.65. The van der Waals surface area contributed by atoms with Crippen LogP contribution in [0.4, 0.5) is 0 Å². The van der Waals surface area contributed by atoms with E-state index in [0.29, 0.717) is 18.2 Å². The Kier molecular flexibility index (Phi) is 4.29. The van der Waals surface area contributed by atoms with Gasteiger partial charge in [-0.1, -0.05) is 6.08 Å². The van der Waals surface area contributed by atoms with Crippen molar-refractivity contribution in [3.63, 3.8) is 0 Å². The van der Waals surface area contributed by atoms with Crippen LogP contribution < -0.4 is 5.32 Å². The average Bonchev–Trinajstić information content (AvgIpc) is 3.07. The van der Waals surface area contributed by atoms with E-state index in [1.54, 1.807) is 22.7 Å². The van der Waals surface area contributed by atoms with Crippen LogP contribution in [0.1, 0.15) is 12.8 Å². The largest absolute Gasteiger partial charge is 0.480 e. The minimum absolute atomic E-state index is 0.0594. The Morgan fingerprint density at radius 1 is 1.50 bits per heavy atom. The van der Waals surface area contributed by atoms with Crippen molar-refractivity contribution in [3.05, 3.63) is 12.7 Å². The van der Waals surface area contributed by atoms with Gasteiger partial charge < -0.3 is 15.3 Å². The number of amides is 1. The van der Waals surface area contributed by atoms with Crippen molar-refractivity contribution in [1.29, 1.82) is 0 Å². The van der Waals surface area contributed by atoms with Crippen molar-refractivity contribution < 1.29 is 14.7 Å². The summed E-state index contributed by atoms with van der Waals surface area (Å²) < 4.78 is 0. The lowest BCUT2D eigenvalue weighted by Crippen LogP contribution is -2.49. The molecule has 0 radical (unpaired) electrons. The number of carbonyl (C=O) groups is 2. The summed E-state index contributed by atoms with van der Waals surface area (Å²) in [4.78, 5) is 24.9. The smallest absolute Gasteiger partial charge is 0.327 e. The summed E-state index contributed by atoms with van der Waals surface area (Å²) in [6.45, 7) is 4.30. The maximum Gasteiger partial charge on any atom is 0.327 e. The highest BCUT2D eigenvalue weighted by atomic mass is 32.2. The van der Waals surface area contributed by atoms with E-state index in [2.05, 4.69) is 11.9 Å². The zero-order valence-electron chi connectivity index (χ0n) is 10.2. The molecule has 2 aliphatic rings. The molecule has 0 aromatic carbocycles. The third kappa shape index (κ3) is 2.87.